The highest BCUT2D eigenvalue weighted by Crippen LogP contribution is 2.09. The van der Waals surface area contributed by atoms with Crippen molar-refractivity contribution in [3.05, 3.63) is 28.6 Å². The first-order valence-electron chi connectivity index (χ1n) is 3.26. The second-order valence-electron chi connectivity index (χ2n) is 2.27. The van der Waals surface area contributed by atoms with Gasteiger partial charge in [0.15, 0.2) is 11.9 Å². The Kier molecular flexibility index (Phi) is 1.65. The van der Waals surface area contributed by atoms with Gasteiger partial charge in [0.05, 0.1) is 5.56 Å². The first-order valence-corrected chi connectivity index (χ1v) is 4.05. The van der Waals surface area contributed by atoms with Crippen LogP contribution in [0, 0.1) is 0 Å². The molecule has 0 fully saturated rings. The molecule has 0 aliphatic rings. The van der Waals surface area contributed by atoms with Crippen LogP contribution in [0.25, 0.3) is 5.65 Å². The van der Waals surface area contributed by atoms with Crippen LogP contribution in [0.15, 0.2) is 23.1 Å². The zero-order chi connectivity index (χ0) is 8.55. The molecule has 0 bridgehead atoms. The van der Waals surface area contributed by atoms with E-state index in [1.54, 1.807) is 16.8 Å². The largest absolute Gasteiger partial charge is 0.298 e. The van der Waals surface area contributed by atoms with E-state index in [-0.39, 0.29) is 0 Å². The molecule has 2 aromatic heterocycles. The van der Waals surface area contributed by atoms with Crippen LogP contribution < -0.4 is 0 Å². The number of carbonyl (C=O) groups excluding carboxylic acids is 1. The first-order chi connectivity index (χ1) is 5.79. The molecule has 0 saturated carbocycles. The summed E-state index contributed by atoms with van der Waals surface area (Å²) >= 11 is 3.21. The van der Waals surface area contributed by atoms with E-state index in [9.17, 15) is 4.79 Å². The summed E-state index contributed by atoms with van der Waals surface area (Å²) in [6.07, 6.45) is 3.87. The van der Waals surface area contributed by atoms with Crippen molar-refractivity contribution in [3.63, 3.8) is 0 Å². The number of aromatic nitrogens is 3. The summed E-state index contributed by atoms with van der Waals surface area (Å²) in [5.74, 6) is 0. The van der Waals surface area contributed by atoms with Crippen LogP contribution >= 0.6 is 15.9 Å². The summed E-state index contributed by atoms with van der Waals surface area (Å²) in [6, 6.07) is 1.77. The lowest BCUT2D eigenvalue weighted by Crippen LogP contribution is -1.92. The molecule has 2 rings (SSSR count). The van der Waals surface area contributed by atoms with Crippen molar-refractivity contribution in [3.8, 4) is 0 Å². The molecule has 0 aliphatic carbocycles. The third-order valence-corrected chi connectivity index (χ3v) is 1.83. The van der Waals surface area contributed by atoms with Crippen LogP contribution in [-0.2, 0) is 0 Å². The number of aldehydes is 1. The van der Waals surface area contributed by atoms with Crippen molar-refractivity contribution in [1.29, 1.82) is 0 Å². The van der Waals surface area contributed by atoms with Gasteiger partial charge >= 0.3 is 0 Å². The first kappa shape index (κ1) is 7.42. The molecule has 5 heteroatoms. The zero-order valence-electron chi connectivity index (χ0n) is 5.94. The lowest BCUT2D eigenvalue weighted by molar-refractivity contribution is 0.112. The van der Waals surface area contributed by atoms with E-state index in [4.69, 9.17) is 0 Å². The number of halogens is 1. The van der Waals surface area contributed by atoms with E-state index >= 15 is 0 Å². The predicted octanol–water partition coefficient (Wildman–Crippen LogP) is 1.30. The lowest BCUT2D eigenvalue weighted by atomic mass is 10.4. The quantitative estimate of drug-likeness (QED) is 0.688. The second-order valence-corrected chi connectivity index (χ2v) is 3.09. The molecule has 0 aliphatic heterocycles. The monoisotopic (exact) mass is 225 g/mol. The third-order valence-electron chi connectivity index (χ3n) is 1.44. The fourth-order valence-electron chi connectivity index (χ4n) is 0.923. The molecule has 12 heavy (non-hydrogen) atoms. The van der Waals surface area contributed by atoms with Gasteiger partial charge in [-0.25, -0.2) is 9.50 Å². The van der Waals surface area contributed by atoms with Gasteiger partial charge in [0, 0.05) is 18.5 Å². The summed E-state index contributed by atoms with van der Waals surface area (Å²) in [6.45, 7) is 0. The summed E-state index contributed by atoms with van der Waals surface area (Å²) < 4.78 is 2.26. The van der Waals surface area contributed by atoms with E-state index in [0.717, 1.165) is 6.29 Å². The molecule has 60 valence electrons. The maximum absolute atomic E-state index is 10.4. The Morgan fingerprint density at radius 1 is 1.58 bits per heavy atom. The molecule has 0 atom stereocenters. The van der Waals surface area contributed by atoms with Gasteiger partial charge in [0.1, 0.15) is 4.60 Å². The van der Waals surface area contributed by atoms with E-state index < -0.39 is 0 Å². The second kappa shape index (κ2) is 2.67. The molecule has 0 aromatic carbocycles. The number of carbonyl (C=O) groups is 1. The molecule has 0 radical (unpaired) electrons. The van der Waals surface area contributed by atoms with E-state index in [1.165, 1.54) is 6.20 Å². The van der Waals surface area contributed by atoms with E-state index in [2.05, 4.69) is 26.0 Å². The summed E-state index contributed by atoms with van der Waals surface area (Å²) in [7, 11) is 0. The Morgan fingerprint density at radius 3 is 3.17 bits per heavy atom. The number of hydrogen-bond acceptors (Lipinski definition) is 3. The minimum absolute atomic E-state index is 0.512. The average molecular weight is 226 g/mol. The Balaban J connectivity index is 2.74. The molecule has 4 nitrogen and oxygen atoms in total. The highest BCUT2D eigenvalue weighted by atomic mass is 79.9. The van der Waals surface area contributed by atoms with Crippen molar-refractivity contribution in [2.75, 3.05) is 0 Å². The van der Waals surface area contributed by atoms with Gasteiger partial charge in [-0.3, -0.25) is 4.79 Å². The molecule has 0 N–H and O–H groups in total. The molecular formula is C7H4BrN3O. The van der Waals surface area contributed by atoms with Gasteiger partial charge in [-0.05, 0) is 15.9 Å². The number of fused-ring (bicyclic) bond motifs is 1. The highest BCUT2D eigenvalue weighted by molar-refractivity contribution is 9.10. The molecule has 2 heterocycles. The molecule has 0 unspecified atom stereocenters. The van der Waals surface area contributed by atoms with Gasteiger partial charge in [0.2, 0.25) is 0 Å². The van der Waals surface area contributed by atoms with Crippen molar-refractivity contribution in [2.24, 2.45) is 0 Å². The van der Waals surface area contributed by atoms with Crippen molar-refractivity contribution < 1.29 is 4.79 Å². The minimum Gasteiger partial charge on any atom is -0.298 e. The Hall–Kier alpha value is -1.23. The fourth-order valence-corrected chi connectivity index (χ4v) is 1.30. The molecule has 2 aromatic rings. The van der Waals surface area contributed by atoms with Gasteiger partial charge in [0.25, 0.3) is 0 Å². The zero-order valence-corrected chi connectivity index (χ0v) is 7.52. The number of nitrogens with zero attached hydrogens (tertiary/aromatic N) is 3. The molecular weight excluding hydrogens is 222 g/mol. The predicted molar refractivity (Wildman–Crippen MR) is 46.1 cm³/mol. The van der Waals surface area contributed by atoms with Crippen LogP contribution in [-0.4, -0.2) is 20.9 Å². The maximum Gasteiger partial charge on any atom is 0.156 e. The average Bonchev–Trinajstić information content (AvgIpc) is 2.43. The smallest absolute Gasteiger partial charge is 0.156 e. The van der Waals surface area contributed by atoms with Crippen LogP contribution in [0.1, 0.15) is 10.4 Å². The topological polar surface area (TPSA) is 47.3 Å². The van der Waals surface area contributed by atoms with Crippen molar-refractivity contribution >= 4 is 27.9 Å². The van der Waals surface area contributed by atoms with Crippen LogP contribution in [0.3, 0.4) is 0 Å². The molecule has 0 saturated heterocycles. The highest BCUT2D eigenvalue weighted by Gasteiger charge is 1.99. The van der Waals surface area contributed by atoms with E-state index in [0.29, 0.717) is 15.8 Å². The third kappa shape index (κ3) is 1.12. The lowest BCUT2D eigenvalue weighted by Gasteiger charge is -1.91. The van der Waals surface area contributed by atoms with Gasteiger partial charge in [-0.1, -0.05) is 0 Å². The van der Waals surface area contributed by atoms with Gasteiger partial charge in [-0.2, -0.15) is 5.10 Å². The van der Waals surface area contributed by atoms with E-state index in [1.807, 2.05) is 0 Å². The number of hydrogen-bond donors (Lipinski definition) is 0. The number of rotatable bonds is 1. The molecule has 0 spiro atoms. The Morgan fingerprint density at radius 2 is 2.42 bits per heavy atom. The van der Waals surface area contributed by atoms with Crippen LogP contribution in [0.5, 0.6) is 0 Å². The SMILES string of the molecule is O=Cc1cnc2cc(Br)nn2c1. The van der Waals surface area contributed by atoms with Crippen LogP contribution in [0.2, 0.25) is 0 Å². The van der Waals surface area contributed by atoms with Crippen molar-refractivity contribution in [2.45, 2.75) is 0 Å². The van der Waals surface area contributed by atoms with Gasteiger partial charge in [-0.15, -0.1) is 0 Å². The summed E-state index contributed by atoms with van der Waals surface area (Å²) in [4.78, 5) is 14.4. The molecule has 0 amide bonds. The van der Waals surface area contributed by atoms with Crippen molar-refractivity contribution in [1.82, 2.24) is 14.6 Å². The van der Waals surface area contributed by atoms with Crippen LogP contribution in [0.4, 0.5) is 0 Å². The minimum atomic E-state index is 0.512. The Labute approximate surface area is 76.4 Å². The Bertz CT molecular complexity index is 437. The maximum atomic E-state index is 10.4. The fraction of sp³-hybridized carbons (Fsp3) is 0. The normalized spacial score (nSPS) is 10.4. The summed E-state index contributed by atoms with van der Waals surface area (Å²) in [5.41, 5.74) is 1.23. The summed E-state index contributed by atoms with van der Waals surface area (Å²) in [5, 5.41) is 4.03. The van der Waals surface area contributed by atoms with Gasteiger partial charge < -0.3 is 0 Å². The standard InChI is InChI=1S/C7H4BrN3O/c8-6-1-7-9-2-5(4-12)3-11(7)10-6/h1-4H.